The Morgan fingerprint density at radius 3 is 2.41 bits per heavy atom. The number of carbonyl (C=O) groups is 1. The van der Waals surface area contributed by atoms with Gasteiger partial charge < -0.3 is 25.0 Å². The first-order valence-corrected chi connectivity index (χ1v) is 6.52. The largest absolute Gasteiger partial charge is 0.493 e. The number of fused-ring (bicyclic) bond motifs is 1. The highest BCUT2D eigenvalue weighted by Gasteiger charge is 2.24. The Morgan fingerprint density at radius 1 is 1.23 bits per heavy atom. The van der Waals surface area contributed by atoms with Crippen molar-refractivity contribution >= 4 is 22.7 Å². The molecular formula is C14H17N3O5. The number of nitrogens with zero attached hydrogens (tertiary/aromatic N) is 2. The minimum atomic E-state index is -1.19. The minimum Gasteiger partial charge on any atom is -0.493 e. The monoisotopic (exact) mass is 307 g/mol. The van der Waals surface area contributed by atoms with E-state index in [9.17, 15) is 9.90 Å². The third kappa shape index (κ3) is 3.01. The molecule has 0 aliphatic heterocycles. The van der Waals surface area contributed by atoms with Crippen molar-refractivity contribution in [2.24, 2.45) is 0 Å². The molecule has 8 nitrogen and oxygen atoms in total. The number of carboxylic acids is 1. The fourth-order valence-corrected chi connectivity index (χ4v) is 2.03. The van der Waals surface area contributed by atoms with E-state index >= 15 is 0 Å². The van der Waals surface area contributed by atoms with Gasteiger partial charge in [0.1, 0.15) is 12.1 Å². The van der Waals surface area contributed by atoms with E-state index in [0.717, 1.165) is 0 Å². The molecule has 0 radical (unpaired) electrons. The number of rotatable bonds is 6. The summed E-state index contributed by atoms with van der Waals surface area (Å²) in [5, 5.41) is 22.0. The van der Waals surface area contributed by atoms with Crippen LogP contribution < -0.4 is 14.8 Å². The predicted molar refractivity (Wildman–Crippen MR) is 79.4 cm³/mol. The molecule has 3 N–H and O–H groups in total. The molecule has 0 spiro atoms. The van der Waals surface area contributed by atoms with Gasteiger partial charge in [-0.1, -0.05) is 0 Å². The molecule has 2 atom stereocenters. The maximum absolute atomic E-state index is 11.2. The summed E-state index contributed by atoms with van der Waals surface area (Å²) in [6.45, 7) is 1.39. The molecule has 1 aromatic heterocycles. The lowest BCUT2D eigenvalue weighted by atomic mass is 10.1. The van der Waals surface area contributed by atoms with Crippen molar-refractivity contribution in [1.82, 2.24) is 9.97 Å². The summed E-state index contributed by atoms with van der Waals surface area (Å²) in [7, 11) is 3.01. The van der Waals surface area contributed by atoms with E-state index in [-0.39, 0.29) is 0 Å². The number of aliphatic hydroxyl groups excluding tert-OH is 1. The summed E-state index contributed by atoms with van der Waals surface area (Å²) >= 11 is 0. The number of benzene rings is 1. The average Bonchev–Trinajstić information content (AvgIpc) is 2.50. The van der Waals surface area contributed by atoms with E-state index in [4.69, 9.17) is 14.6 Å². The van der Waals surface area contributed by atoms with E-state index in [0.29, 0.717) is 28.2 Å². The highest BCUT2D eigenvalue weighted by Crippen LogP contribution is 2.33. The number of aliphatic carboxylic acids is 1. The molecule has 0 saturated carbocycles. The number of anilines is 1. The first-order valence-electron chi connectivity index (χ1n) is 6.52. The normalized spacial score (nSPS) is 13.5. The molecule has 0 amide bonds. The van der Waals surface area contributed by atoms with Gasteiger partial charge in [0.25, 0.3) is 0 Å². The Balaban J connectivity index is 2.52. The highest BCUT2D eigenvalue weighted by atomic mass is 16.5. The van der Waals surface area contributed by atoms with Gasteiger partial charge in [0.15, 0.2) is 17.5 Å². The van der Waals surface area contributed by atoms with Gasteiger partial charge >= 0.3 is 5.97 Å². The Hall–Kier alpha value is -2.61. The second kappa shape index (κ2) is 6.44. The Bertz CT molecular complexity index is 689. The number of aromatic nitrogens is 2. The summed E-state index contributed by atoms with van der Waals surface area (Å²) < 4.78 is 10.4. The molecule has 8 heteroatoms. The maximum Gasteiger partial charge on any atom is 0.328 e. The number of hydrogen-bond acceptors (Lipinski definition) is 7. The van der Waals surface area contributed by atoms with Gasteiger partial charge in [-0.2, -0.15) is 0 Å². The van der Waals surface area contributed by atoms with E-state index in [2.05, 4.69) is 15.3 Å². The third-order valence-corrected chi connectivity index (χ3v) is 3.18. The summed E-state index contributed by atoms with van der Waals surface area (Å²) in [5.74, 6) is 0.0863. The van der Waals surface area contributed by atoms with Crippen LogP contribution in [0.2, 0.25) is 0 Å². The van der Waals surface area contributed by atoms with E-state index < -0.39 is 18.1 Å². The zero-order valence-corrected chi connectivity index (χ0v) is 12.4. The Kier molecular flexibility index (Phi) is 4.62. The smallest absolute Gasteiger partial charge is 0.328 e. The third-order valence-electron chi connectivity index (χ3n) is 3.18. The van der Waals surface area contributed by atoms with Crippen LogP contribution in [-0.2, 0) is 4.79 Å². The van der Waals surface area contributed by atoms with Gasteiger partial charge in [-0.05, 0) is 13.0 Å². The van der Waals surface area contributed by atoms with Crippen molar-refractivity contribution in [1.29, 1.82) is 0 Å². The van der Waals surface area contributed by atoms with Crippen LogP contribution in [-0.4, -0.2) is 52.5 Å². The fraction of sp³-hybridized carbons (Fsp3) is 0.357. The van der Waals surface area contributed by atoms with Crippen LogP contribution in [0.3, 0.4) is 0 Å². The quantitative estimate of drug-likeness (QED) is 0.721. The standard InChI is InChI=1S/C14H17N3O5/c1-7(18)12(14(19)20)17-13-8-4-10(21-2)11(22-3)5-9(8)15-6-16-13/h4-7,12,18H,1-3H3,(H,19,20)(H,15,16,17). The SMILES string of the molecule is COc1cc2ncnc(NC(C(=O)O)C(C)O)c2cc1OC. The molecular weight excluding hydrogens is 290 g/mol. The van der Waals surface area contributed by atoms with Crippen molar-refractivity contribution in [2.75, 3.05) is 19.5 Å². The second-order valence-electron chi connectivity index (χ2n) is 4.65. The number of carboxylic acid groups (broad SMARTS) is 1. The number of aliphatic hydroxyl groups is 1. The molecule has 0 aliphatic rings. The minimum absolute atomic E-state index is 0.291. The molecule has 2 unspecified atom stereocenters. The van der Waals surface area contributed by atoms with Gasteiger partial charge in [-0.25, -0.2) is 14.8 Å². The van der Waals surface area contributed by atoms with Crippen LogP contribution in [0.15, 0.2) is 18.5 Å². The summed E-state index contributed by atoms with van der Waals surface area (Å²) in [4.78, 5) is 19.4. The van der Waals surface area contributed by atoms with Gasteiger partial charge in [0.2, 0.25) is 0 Å². The molecule has 0 aliphatic carbocycles. The van der Waals surface area contributed by atoms with Gasteiger partial charge in [0, 0.05) is 11.5 Å². The Labute approximate surface area is 126 Å². The summed E-state index contributed by atoms with van der Waals surface area (Å²) in [6.07, 6.45) is 0.208. The van der Waals surface area contributed by atoms with E-state index in [1.807, 2.05) is 0 Å². The second-order valence-corrected chi connectivity index (χ2v) is 4.65. The fourth-order valence-electron chi connectivity index (χ4n) is 2.03. The van der Waals surface area contributed by atoms with Gasteiger partial charge in [0.05, 0.1) is 25.8 Å². The molecule has 118 valence electrons. The number of hydrogen-bond donors (Lipinski definition) is 3. The molecule has 2 aromatic rings. The van der Waals surface area contributed by atoms with Crippen molar-refractivity contribution in [3.63, 3.8) is 0 Å². The van der Waals surface area contributed by atoms with Crippen LogP contribution >= 0.6 is 0 Å². The lowest BCUT2D eigenvalue weighted by molar-refractivity contribution is -0.140. The highest BCUT2D eigenvalue weighted by molar-refractivity contribution is 5.93. The van der Waals surface area contributed by atoms with Crippen molar-refractivity contribution in [2.45, 2.75) is 19.1 Å². The number of methoxy groups -OCH3 is 2. The predicted octanol–water partition coefficient (Wildman–Crippen LogP) is 0.893. The van der Waals surface area contributed by atoms with Crippen LogP contribution in [0, 0.1) is 0 Å². The van der Waals surface area contributed by atoms with Gasteiger partial charge in [-0.3, -0.25) is 0 Å². The van der Waals surface area contributed by atoms with Crippen molar-refractivity contribution in [3.8, 4) is 11.5 Å². The molecule has 0 fully saturated rings. The molecule has 1 aromatic carbocycles. The topological polar surface area (TPSA) is 114 Å². The lowest BCUT2D eigenvalue weighted by Gasteiger charge is -2.19. The molecule has 22 heavy (non-hydrogen) atoms. The summed E-state index contributed by atoms with van der Waals surface area (Å²) in [6, 6.07) is 2.13. The first-order chi connectivity index (χ1) is 10.5. The number of ether oxygens (including phenoxy) is 2. The van der Waals surface area contributed by atoms with E-state index in [1.165, 1.54) is 27.5 Å². The maximum atomic E-state index is 11.2. The van der Waals surface area contributed by atoms with E-state index in [1.54, 1.807) is 12.1 Å². The molecule has 0 saturated heterocycles. The van der Waals surface area contributed by atoms with Crippen molar-refractivity contribution < 1.29 is 24.5 Å². The average molecular weight is 307 g/mol. The summed E-state index contributed by atoms with van der Waals surface area (Å²) in [5.41, 5.74) is 0.560. The molecule has 0 bridgehead atoms. The zero-order valence-electron chi connectivity index (χ0n) is 12.4. The van der Waals surface area contributed by atoms with Gasteiger partial charge in [-0.15, -0.1) is 0 Å². The molecule has 2 rings (SSSR count). The zero-order chi connectivity index (χ0) is 16.3. The first kappa shape index (κ1) is 15.8. The van der Waals surface area contributed by atoms with Crippen LogP contribution in [0.5, 0.6) is 11.5 Å². The van der Waals surface area contributed by atoms with Crippen molar-refractivity contribution in [3.05, 3.63) is 18.5 Å². The van der Waals surface area contributed by atoms with Crippen LogP contribution in [0.4, 0.5) is 5.82 Å². The van der Waals surface area contributed by atoms with Crippen LogP contribution in [0.1, 0.15) is 6.92 Å². The lowest BCUT2D eigenvalue weighted by Crippen LogP contribution is -2.39. The molecule has 1 heterocycles. The number of nitrogens with one attached hydrogen (secondary N) is 1. The Morgan fingerprint density at radius 2 is 1.86 bits per heavy atom. The van der Waals surface area contributed by atoms with Crippen LogP contribution in [0.25, 0.3) is 10.9 Å².